The second-order valence-corrected chi connectivity index (χ2v) is 5.93. The number of nitrogens with one attached hydrogen (secondary N) is 1. The van der Waals surface area contributed by atoms with Crippen LogP contribution < -0.4 is 10.2 Å². The van der Waals surface area contributed by atoms with Crippen LogP contribution in [-0.2, 0) is 0 Å². The lowest BCUT2D eigenvalue weighted by atomic mass is 10.0. The summed E-state index contributed by atoms with van der Waals surface area (Å²) in [6.07, 6.45) is 4.59. The quantitative estimate of drug-likeness (QED) is 0.894. The second-order valence-electron chi connectivity index (χ2n) is 5.93. The first-order valence-corrected chi connectivity index (χ1v) is 7.72. The van der Waals surface area contributed by atoms with Crippen LogP contribution in [0, 0.1) is 0 Å². The lowest BCUT2D eigenvalue weighted by molar-refractivity contribution is 0.258. The molecule has 2 unspecified atom stereocenters. The third kappa shape index (κ3) is 3.70. The van der Waals surface area contributed by atoms with Crippen LogP contribution in [0.2, 0.25) is 0 Å². The lowest BCUT2D eigenvalue weighted by Crippen LogP contribution is -2.45. The summed E-state index contributed by atoms with van der Waals surface area (Å²) in [6, 6.07) is 5.35. The van der Waals surface area contributed by atoms with Gasteiger partial charge in [-0.15, -0.1) is 0 Å². The molecule has 1 aliphatic heterocycles. The molecule has 2 rings (SSSR count). The Labute approximate surface area is 123 Å². The highest BCUT2D eigenvalue weighted by atomic mass is 15.2. The largest absolute Gasteiger partial charge is 0.369 e. The Morgan fingerprint density at radius 1 is 1.45 bits per heavy atom. The number of nitrogens with zero attached hydrogens (tertiary/aromatic N) is 3. The zero-order valence-corrected chi connectivity index (χ0v) is 13.3. The number of piperidine rings is 1. The van der Waals surface area contributed by atoms with Crippen LogP contribution in [0.15, 0.2) is 18.3 Å². The molecule has 0 bridgehead atoms. The number of hydrogen-bond acceptors (Lipinski definition) is 4. The molecular formula is C16H28N4. The van der Waals surface area contributed by atoms with E-state index in [-0.39, 0.29) is 0 Å². The number of rotatable bonds is 5. The predicted molar refractivity (Wildman–Crippen MR) is 85.3 cm³/mol. The lowest BCUT2D eigenvalue weighted by Gasteiger charge is -2.37. The Morgan fingerprint density at radius 3 is 2.85 bits per heavy atom. The Kier molecular flexibility index (Phi) is 5.38. The van der Waals surface area contributed by atoms with Gasteiger partial charge in [0.1, 0.15) is 0 Å². The maximum absolute atomic E-state index is 4.62. The van der Waals surface area contributed by atoms with Gasteiger partial charge < -0.3 is 15.1 Å². The van der Waals surface area contributed by atoms with E-state index in [1.54, 1.807) is 0 Å². The maximum atomic E-state index is 4.62. The number of pyridine rings is 1. The standard InChI is InChI=1S/C16H28N4/c1-5-17-13(2)16-9-8-14(11-18-16)20-10-6-7-15(12-20)19(3)4/h8-9,11,13,15,17H,5-7,10,12H2,1-4H3. The third-order valence-electron chi connectivity index (χ3n) is 4.22. The van der Waals surface area contributed by atoms with E-state index in [4.69, 9.17) is 0 Å². The highest BCUT2D eigenvalue weighted by Gasteiger charge is 2.21. The Morgan fingerprint density at radius 2 is 2.25 bits per heavy atom. The van der Waals surface area contributed by atoms with E-state index in [9.17, 15) is 0 Å². The van der Waals surface area contributed by atoms with Gasteiger partial charge >= 0.3 is 0 Å². The summed E-state index contributed by atoms with van der Waals surface area (Å²) in [5.41, 5.74) is 2.38. The summed E-state index contributed by atoms with van der Waals surface area (Å²) in [5, 5.41) is 3.40. The molecule has 0 spiro atoms. The van der Waals surface area contributed by atoms with Gasteiger partial charge in [-0.3, -0.25) is 4.98 Å². The van der Waals surface area contributed by atoms with Gasteiger partial charge in [0.25, 0.3) is 0 Å². The van der Waals surface area contributed by atoms with Crippen molar-refractivity contribution < 1.29 is 0 Å². The average Bonchev–Trinajstić information content (AvgIpc) is 2.48. The van der Waals surface area contributed by atoms with Crippen molar-refractivity contribution in [2.45, 2.75) is 38.8 Å². The fourth-order valence-electron chi connectivity index (χ4n) is 2.86. The summed E-state index contributed by atoms with van der Waals surface area (Å²) >= 11 is 0. The van der Waals surface area contributed by atoms with E-state index in [1.807, 2.05) is 6.20 Å². The van der Waals surface area contributed by atoms with Crippen LogP contribution in [0.1, 0.15) is 38.4 Å². The zero-order chi connectivity index (χ0) is 14.5. The molecular weight excluding hydrogens is 248 g/mol. The third-order valence-corrected chi connectivity index (χ3v) is 4.22. The van der Waals surface area contributed by atoms with Gasteiger partial charge in [-0.2, -0.15) is 0 Å². The van der Waals surface area contributed by atoms with E-state index in [0.29, 0.717) is 12.1 Å². The SMILES string of the molecule is CCNC(C)c1ccc(N2CCCC(N(C)C)C2)cn1. The second kappa shape index (κ2) is 7.04. The molecule has 4 heteroatoms. The molecule has 4 nitrogen and oxygen atoms in total. The molecule has 0 aromatic carbocycles. The molecule has 20 heavy (non-hydrogen) atoms. The molecule has 1 aliphatic rings. The highest BCUT2D eigenvalue weighted by Crippen LogP contribution is 2.22. The number of aromatic nitrogens is 1. The summed E-state index contributed by atoms with van der Waals surface area (Å²) in [4.78, 5) is 9.42. The van der Waals surface area contributed by atoms with Crippen molar-refractivity contribution >= 4 is 5.69 Å². The molecule has 1 saturated heterocycles. The van der Waals surface area contributed by atoms with Gasteiger partial charge in [-0.1, -0.05) is 6.92 Å². The number of hydrogen-bond donors (Lipinski definition) is 1. The van der Waals surface area contributed by atoms with Crippen LogP contribution in [-0.4, -0.2) is 49.7 Å². The summed E-state index contributed by atoms with van der Waals surface area (Å²) in [7, 11) is 4.35. The Bertz CT molecular complexity index is 401. The predicted octanol–water partition coefficient (Wildman–Crippen LogP) is 2.28. The normalized spacial score (nSPS) is 21.2. The fraction of sp³-hybridized carbons (Fsp3) is 0.688. The number of anilines is 1. The van der Waals surface area contributed by atoms with Crippen LogP contribution in [0.5, 0.6) is 0 Å². The fourth-order valence-corrected chi connectivity index (χ4v) is 2.86. The molecule has 2 heterocycles. The topological polar surface area (TPSA) is 31.4 Å². The molecule has 1 fully saturated rings. The van der Waals surface area contributed by atoms with Crippen LogP contribution in [0.4, 0.5) is 5.69 Å². The average molecular weight is 276 g/mol. The summed E-state index contributed by atoms with van der Waals surface area (Å²) in [6.45, 7) is 7.51. The van der Waals surface area contributed by atoms with Crippen LogP contribution in [0.25, 0.3) is 0 Å². The monoisotopic (exact) mass is 276 g/mol. The summed E-state index contributed by atoms with van der Waals surface area (Å²) in [5.74, 6) is 0. The number of likely N-dealkylation sites (N-methyl/N-ethyl adjacent to an activating group) is 1. The smallest absolute Gasteiger partial charge is 0.0572 e. The Hall–Kier alpha value is -1.13. The van der Waals surface area contributed by atoms with E-state index in [2.05, 4.69) is 60.2 Å². The Balaban J connectivity index is 2.02. The molecule has 1 N–H and O–H groups in total. The molecule has 0 radical (unpaired) electrons. The molecule has 0 saturated carbocycles. The van der Waals surface area contributed by atoms with Crippen molar-refractivity contribution in [1.82, 2.24) is 15.2 Å². The van der Waals surface area contributed by atoms with Gasteiger partial charge in [0.05, 0.1) is 17.6 Å². The first-order valence-electron chi connectivity index (χ1n) is 7.72. The van der Waals surface area contributed by atoms with Gasteiger partial charge in [-0.25, -0.2) is 0 Å². The molecule has 1 aromatic heterocycles. The molecule has 112 valence electrons. The van der Waals surface area contributed by atoms with Crippen molar-refractivity contribution in [2.75, 3.05) is 38.6 Å². The van der Waals surface area contributed by atoms with Gasteiger partial charge in [0.2, 0.25) is 0 Å². The van der Waals surface area contributed by atoms with E-state index < -0.39 is 0 Å². The molecule has 1 aromatic rings. The molecule has 0 amide bonds. The van der Waals surface area contributed by atoms with Crippen LogP contribution in [0.3, 0.4) is 0 Å². The zero-order valence-electron chi connectivity index (χ0n) is 13.3. The molecule has 2 atom stereocenters. The van der Waals surface area contributed by atoms with Crippen molar-refractivity contribution in [3.05, 3.63) is 24.0 Å². The summed E-state index contributed by atoms with van der Waals surface area (Å²) < 4.78 is 0. The maximum Gasteiger partial charge on any atom is 0.0572 e. The molecule has 0 aliphatic carbocycles. The van der Waals surface area contributed by atoms with Gasteiger partial charge in [0, 0.05) is 25.2 Å². The minimum atomic E-state index is 0.324. The minimum absolute atomic E-state index is 0.324. The van der Waals surface area contributed by atoms with E-state index in [0.717, 1.165) is 25.3 Å². The minimum Gasteiger partial charge on any atom is -0.369 e. The van der Waals surface area contributed by atoms with Crippen molar-refractivity contribution in [3.8, 4) is 0 Å². The first-order chi connectivity index (χ1) is 9.61. The van der Waals surface area contributed by atoms with Gasteiger partial charge in [0.15, 0.2) is 0 Å². The van der Waals surface area contributed by atoms with E-state index in [1.165, 1.54) is 18.5 Å². The highest BCUT2D eigenvalue weighted by molar-refractivity contribution is 5.45. The van der Waals surface area contributed by atoms with Crippen molar-refractivity contribution in [1.29, 1.82) is 0 Å². The first kappa shape index (κ1) is 15.3. The van der Waals surface area contributed by atoms with Crippen molar-refractivity contribution in [2.24, 2.45) is 0 Å². The van der Waals surface area contributed by atoms with Crippen molar-refractivity contribution in [3.63, 3.8) is 0 Å². The van der Waals surface area contributed by atoms with Crippen LogP contribution >= 0.6 is 0 Å². The van der Waals surface area contributed by atoms with Gasteiger partial charge in [-0.05, 0) is 52.5 Å². The van der Waals surface area contributed by atoms with E-state index >= 15 is 0 Å².